The van der Waals surface area contributed by atoms with Gasteiger partial charge in [0.05, 0.1) is 6.61 Å². The van der Waals surface area contributed by atoms with E-state index in [0.717, 1.165) is 45.0 Å². The molecule has 2 aliphatic heterocycles. The number of nitrogens with zero attached hydrogens (tertiary/aromatic N) is 2. The van der Waals surface area contributed by atoms with Crippen molar-refractivity contribution in [3.05, 3.63) is 35.4 Å². The van der Waals surface area contributed by atoms with Crippen molar-refractivity contribution < 1.29 is 9.84 Å². The lowest BCUT2D eigenvalue weighted by Crippen LogP contribution is -2.44. The summed E-state index contributed by atoms with van der Waals surface area (Å²) in [6.07, 6.45) is 5.74. The Balaban J connectivity index is 0.00000300. The summed E-state index contributed by atoms with van der Waals surface area (Å²) in [5.41, 5.74) is 2.73. The van der Waals surface area contributed by atoms with Gasteiger partial charge < -0.3 is 20.5 Å². The van der Waals surface area contributed by atoms with Crippen molar-refractivity contribution in [1.29, 1.82) is 0 Å². The van der Waals surface area contributed by atoms with E-state index >= 15 is 0 Å². The van der Waals surface area contributed by atoms with Gasteiger partial charge in [-0.15, -0.1) is 24.0 Å². The van der Waals surface area contributed by atoms with Crippen LogP contribution in [0.3, 0.4) is 0 Å². The van der Waals surface area contributed by atoms with E-state index in [9.17, 15) is 5.11 Å². The molecule has 2 aliphatic rings. The van der Waals surface area contributed by atoms with Crippen molar-refractivity contribution in [3.63, 3.8) is 0 Å². The average Bonchev–Trinajstić information content (AvgIpc) is 3.19. The molecule has 0 bridgehead atoms. The smallest absolute Gasteiger partial charge is 0.191 e. The van der Waals surface area contributed by atoms with Gasteiger partial charge in [0.25, 0.3) is 0 Å². The van der Waals surface area contributed by atoms with Crippen LogP contribution in [0.1, 0.15) is 43.2 Å². The van der Waals surface area contributed by atoms with Crippen LogP contribution >= 0.6 is 24.0 Å². The maximum atomic E-state index is 9.40. The number of aliphatic hydroxyl groups excluding tert-OH is 1. The second-order valence-electron chi connectivity index (χ2n) is 8.16. The fourth-order valence-corrected chi connectivity index (χ4v) is 4.23. The van der Waals surface area contributed by atoms with E-state index in [2.05, 4.69) is 44.8 Å². The Labute approximate surface area is 192 Å². The summed E-state index contributed by atoms with van der Waals surface area (Å²) in [5, 5.41) is 16.3. The van der Waals surface area contributed by atoms with E-state index in [1.54, 1.807) is 7.05 Å². The molecule has 6 nitrogen and oxygen atoms in total. The predicted octanol–water partition coefficient (Wildman–Crippen LogP) is 2.74. The van der Waals surface area contributed by atoms with Crippen molar-refractivity contribution in [1.82, 2.24) is 15.5 Å². The van der Waals surface area contributed by atoms with Crippen LogP contribution in [0.2, 0.25) is 0 Å². The molecule has 2 fully saturated rings. The first-order valence-corrected chi connectivity index (χ1v) is 10.7. The van der Waals surface area contributed by atoms with Gasteiger partial charge in [-0.25, -0.2) is 0 Å². The third kappa shape index (κ3) is 7.38. The molecular weight excluding hydrogens is 479 g/mol. The molecule has 0 radical (unpaired) electrons. The largest absolute Gasteiger partial charge is 0.396 e. The van der Waals surface area contributed by atoms with Crippen LogP contribution < -0.4 is 10.6 Å². The number of halogens is 1. The molecule has 1 atom stereocenters. The van der Waals surface area contributed by atoms with Crippen LogP contribution in [-0.4, -0.2) is 62.5 Å². The van der Waals surface area contributed by atoms with Crippen LogP contribution in [0.5, 0.6) is 0 Å². The highest BCUT2D eigenvalue weighted by Gasteiger charge is 2.34. The molecule has 0 aromatic heterocycles. The molecule has 29 heavy (non-hydrogen) atoms. The van der Waals surface area contributed by atoms with Gasteiger partial charge in [-0.1, -0.05) is 30.7 Å². The van der Waals surface area contributed by atoms with Crippen LogP contribution in [0, 0.1) is 5.41 Å². The minimum absolute atomic E-state index is 0. The second-order valence-corrected chi connectivity index (χ2v) is 8.16. The Morgan fingerprint density at radius 3 is 2.59 bits per heavy atom. The molecule has 0 aliphatic carbocycles. The van der Waals surface area contributed by atoms with Gasteiger partial charge in [0.15, 0.2) is 5.96 Å². The zero-order chi connectivity index (χ0) is 19.7. The highest BCUT2D eigenvalue weighted by Crippen LogP contribution is 2.31. The van der Waals surface area contributed by atoms with Gasteiger partial charge in [-0.05, 0) is 49.9 Å². The van der Waals surface area contributed by atoms with E-state index in [4.69, 9.17) is 4.74 Å². The predicted molar refractivity (Wildman–Crippen MR) is 129 cm³/mol. The molecule has 0 saturated carbocycles. The summed E-state index contributed by atoms with van der Waals surface area (Å²) in [7, 11) is 1.80. The first kappa shape index (κ1) is 24.4. The van der Waals surface area contributed by atoms with E-state index in [0.29, 0.717) is 6.61 Å². The minimum atomic E-state index is 0. The van der Waals surface area contributed by atoms with Gasteiger partial charge in [0.1, 0.15) is 0 Å². The fourth-order valence-electron chi connectivity index (χ4n) is 4.23. The Hall–Kier alpha value is -0.900. The maximum Gasteiger partial charge on any atom is 0.191 e. The topological polar surface area (TPSA) is 69.1 Å². The highest BCUT2D eigenvalue weighted by molar-refractivity contribution is 14.0. The number of nitrogens with one attached hydrogen (secondary N) is 2. The first-order chi connectivity index (χ1) is 13.7. The third-order valence-electron chi connectivity index (χ3n) is 6.09. The van der Waals surface area contributed by atoms with E-state index in [1.807, 2.05) is 0 Å². The molecule has 3 N–H and O–H groups in total. The van der Waals surface area contributed by atoms with Gasteiger partial charge in [0, 0.05) is 45.3 Å². The lowest BCUT2D eigenvalue weighted by atomic mass is 9.84. The molecule has 2 heterocycles. The summed E-state index contributed by atoms with van der Waals surface area (Å²) >= 11 is 0. The number of hydrogen-bond donors (Lipinski definition) is 3. The quantitative estimate of drug-likeness (QED) is 0.282. The second kappa shape index (κ2) is 12.7. The van der Waals surface area contributed by atoms with Gasteiger partial charge >= 0.3 is 0 Å². The first-order valence-electron chi connectivity index (χ1n) is 10.7. The lowest BCUT2D eigenvalue weighted by Gasteiger charge is -2.28. The van der Waals surface area contributed by atoms with Gasteiger partial charge in [-0.3, -0.25) is 9.89 Å². The van der Waals surface area contributed by atoms with Crippen molar-refractivity contribution in [2.24, 2.45) is 10.4 Å². The van der Waals surface area contributed by atoms with Crippen LogP contribution in [0.4, 0.5) is 0 Å². The zero-order valence-corrected chi connectivity index (χ0v) is 20.0. The van der Waals surface area contributed by atoms with E-state index in [-0.39, 0.29) is 36.0 Å². The number of guanidine groups is 1. The van der Waals surface area contributed by atoms with Crippen molar-refractivity contribution >= 4 is 29.9 Å². The Morgan fingerprint density at radius 1 is 1.17 bits per heavy atom. The molecule has 0 amide bonds. The van der Waals surface area contributed by atoms with E-state index < -0.39 is 0 Å². The number of ether oxygens (including phenoxy) is 1. The average molecular weight is 516 g/mol. The molecule has 1 unspecified atom stereocenters. The zero-order valence-electron chi connectivity index (χ0n) is 17.7. The van der Waals surface area contributed by atoms with Crippen molar-refractivity contribution in [2.75, 3.05) is 46.5 Å². The number of benzene rings is 1. The SMILES string of the molecule is CN=C(NCc1ccccc1CN1CCCCC1)NCC1(CCO)CCOC1.I. The molecule has 1 aromatic rings. The third-order valence-corrected chi connectivity index (χ3v) is 6.09. The Morgan fingerprint density at radius 2 is 1.93 bits per heavy atom. The molecule has 3 rings (SSSR count). The number of aliphatic hydroxyl groups is 1. The molecule has 2 saturated heterocycles. The Bertz CT molecular complexity index is 629. The number of rotatable bonds is 8. The summed E-state index contributed by atoms with van der Waals surface area (Å²) in [6, 6.07) is 8.69. The molecule has 164 valence electrons. The number of likely N-dealkylation sites (tertiary alicyclic amines) is 1. The molecule has 0 spiro atoms. The molecular formula is C22H37IN4O2. The summed E-state index contributed by atoms with van der Waals surface area (Å²) in [6.45, 7) is 6.64. The van der Waals surface area contributed by atoms with Gasteiger partial charge in [-0.2, -0.15) is 0 Å². The highest BCUT2D eigenvalue weighted by atomic mass is 127. The van der Waals surface area contributed by atoms with Crippen LogP contribution in [0.25, 0.3) is 0 Å². The Kier molecular flexibility index (Phi) is 10.7. The molecule has 7 heteroatoms. The maximum absolute atomic E-state index is 9.40. The number of hydrogen-bond acceptors (Lipinski definition) is 4. The van der Waals surface area contributed by atoms with Gasteiger partial charge in [0.2, 0.25) is 0 Å². The summed E-state index contributed by atoms with van der Waals surface area (Å²) in [4.78, 5) is 6.94. The van der Waals surface area contributed by atoms with Crippen LogP contribution in [-0.2, 0) is 17.8 Å². The summed E-state index contributed by atoms with van der Waals surface area (Å²) in [5.74, 6) is 0.803. The fraction of sp³-hybridized carbons (Fsp3) is 0.682. The number of piperidine rings is 1. The monoisotopic (exact) mass is 516 g/mol. The molecule has 1 aromatic carbocycles. The lowest BCUT2D eigenvalue weighted by molar-refractivity contribution is 0.127. The van der Waals surface area contributed by atoms with Crippen molar-refractivity contribution in [3.8, 4) is 0 Å². The normalized spacial score (nSPS) is 22.9. The number of aliphatic imine (C=N–C) groups is 1. The van der Waals surface area contributed by atoms with E-state index in [1.165, 1.54) is 43.5 Å². The van der Waals surface area contributed by atoms with Crippen molar-refractivity contribution in [2.45, 2.75) is 45.2 Å². The minimum Gasteiger partial charge on any atom is -0.396 e. The van der Waals surface area contributed by atoms with Crippen LogP contribution in [0.15, 0.2) is 29.3 Å². The standard InChI is InChI=1S/C22H36N4O2.HI/c1-23-21(25-17-22(9-13-27)10-14-28-18-22)24-15-19-7-3-4-8-20(19)16-26-11-5-2-6-12-26;/h3-4,7-8,27H,2,5-6,9-18H2,1H3,(H2,23,24,25);1H. The summed E-state index contributed by atoms with van der Waals surface area (Å²) < 4.78 is 5.58.